The van der Waals surface area contributed by atoms with Gasteiger partial charge in [-0.3, -0.25) is 19.7 Å². The van der Waals surface area contributed by atoms with E-state index in [1.807, 2.05) is 18.2 Å². The van der Waals surface area contributed by atoms with Gasteiger partial charge in [0, 0.05) is 27.7 Å². The minimum absolute atomic E-state index is 0.0129. The van der Waals surface area contributed by atoms with Crippen LogP contribution < -0.4 is 20.3 Å². The van der Waals surface area contributed by atoms with Crippen molar-refractivity contribution in [3.05, 3.63) is 122 Å². The van der Waals surface area contributed by atoms with Crippen LogP contribution in [-0.2, 0) is 4.79 Å². The smallest absolute Gasteiger partial charge is 0.315 e. The maximum Gasteiger partial charge on any atom is 0.315 e. The third-order valence-electron chi connectivity index (χ3n) is 6.75. The van der Waals surface area contributed by atoms with Crippen LogP contribution in [0.5, 0.6) is 11.5 Å². The lowest BCUT2D eigenvalue weighted by Gasteiger charge is -2.13. The van der Waals surface area contributed by atoms with E-state index in [2.05, 4.69) is 15.4 Å². The number of amides is 1. The molecule has 0 unspecified atom stereocenters. The summed E-state index contributed by atoms with van der Waals surface area (Å²) in [6.07, 6.45) is 1.27. The maximum atomic E-state index is 13.6. The molecule has 0 atom stereocenters. The van der Waals surface area contributed by atoms with Crippen molar-refractivity contribution < 1.29 is 23.6 Å². The van der Waals surface area contributed by atoms with Crippen molar-refractivity contribution >= 4 is 57.0 Å². The van der Waals surface area contributed by atoms with Crippen LogP contribution in [0.25, 0.3) is 33.5 Å². The van der Waals surface area contributed by atoms with Crippen molar-refractivity contribution in [1.82, 2.24) is 9.66 Å². The number of nitrogens with zero attached hydrogens (tertiary/aromatic N) is 4. The first-order valence-electron chi connectivity index (χ1n) is 14.0. The molecule has 0 aliphatic rings. The molecule has 46 heavy (non-hydrogen) atoms. The maximum absolute atomic E-state index is 13.6. The molecule has 0 spiro atoms. The number of anilines is 1. The Morgan fingerprint density at radius 2 is 1.83 bits per heavy atom. The van der Waals surface area contributed by atoms with Gasteiger partial charge in [0.1, 0.15) is 5.58 Å². The molecule has 0 aliphatic heterocycles. The molecule has 6 aromatic rings. The third kappa shape index (κ3) is 6.28. The molecule has 0 aliphatic carbocycles. The summed E-state index contributed by atoms with van der Waals surface area (Å²) in [5.41, 5.74) is 0.820. The predicted molar refractivity (Wildman–Crippen MR) is 174 cm³/mol. The lowest BCUT2D eigenvalue weighted by Crippen LogP contribution is -2.21. The Hall–Kier alpha value is -6.01. The average Bonchev–Trinajstić information content (AvgIpc) is 3.49. The van der Waals surface area contributed by atoms with Gasteiger partial charge < -0.3 is 19.2 Å². The zero-order valence-electron chi connectivity index (χ0n) is 24.2. The van der Waals surface area contributed by atoms with Crippen molar-refractivity contribution in [2.24, 2.45) is 5.10 Å². The summed E-state index contributed by atoms with van der Waals surface area (Å²) >= 11 is 5.89. The van der Waals surface area contributed by atoms with Gasteiger partial charge in [0.25, 0.3) is 11.5 Å². The van der Waals surface area contributed by atoms with E-state index in [1.165, 1.54) is 18.3 Å². The molecular formula is C33H24ClN5O7. The van der Waals surface area contributed by atoms with Gasteiger partial charge in [-0.1, -0.05) is 41.9 Å². The van der Waals surface area contributed by atoms with Crippen molar-refractivity contribution in [1.29, 1.82) is 0 Å². The lowest BCUT2D eigenvalue weighted by atomic mass is 10.2. The Morgan fingerprint density at radius 1 is 1.07 bits per heavy atom. The first-order chi connectivity index (χ1) is 22.3. The topological polar surface area (TPSA) is 151 Å². The Labute approximate surface area is 265 Å². The van der Waals surface area contributed by atoms with Gasteiger partial charge in [0.15, 0.2) is 18.1 Å². The molecule has 0 saturated heterocycles. The lowest BCUT2D eigenvalue weighted by molar-refractivity contribution is -0.385. The summed E-state index contributed by atoms with van der Waals surface area (Å²) in [5, 5.41) is 20.8. The Kier molecular flexibility index (Phi) is 8.44. The monoisotopic (exact) mass is 637 g/mol. The van der Waals surface area contributed by atoms with Crippen LogP contribution in [0, 0.1) is 10.1 Å². The van der Waals surface area contributed by atoms with Crippen LogP contribution in [0.3, 0.4) is 0 Å². The highest BCUT2D eigenvalue weighted by molar-refractivity contribution is 6.30. The number of fused-ring (bicyclic) bond motifs is 2. The standard InChI is InChI=1S/C33H24ClN5O7/c1-2-44-28-16-20(15-26(39(42)43)31(28)45-19-30(40)36-23-13-11-22(34)12-14-23)18-35-38-32(29-17-21-7-3-6-10-27(21)46-29)37-25-9-5-4-8-24(25)33(38)41/h3-18H,2,19H2,1H3,(H,36,40). The van der Waals surface area contributed by atoms with Gasteiger partial charge in [0.05, 0.1) is 28.6 Å². The SMILES string of the molecule is CCOc1cc(C=Nn2c(-c3cc4ccccc4o3)nc3ccccc3c2=O)cc([N+](=O)[O-])c1OCC(=O)Nc1ccc(Cl)cc1. The molecule has 1 amide bonds. The van der Waals surface area contributed by atoms with E-state index in [1.54, 1.807) is 67.6 Å². The Morgan fingerprint density at radius 3 is 2.59 bits per heavy atom. The number of nitrogens with one attached hydrogen (secondary N) is 1. The molecule has 4 aromatic carbocycles. The van der Waals surface area contributed by atoms with E-state index in [0.717, 1.165) is 10.1 Å². The predicted octanol–water partition coefficient (Wildman–Crippen LogP) is 6.67. The summed E-state index contributed by atoms with van der Waals surface area (Å²) < 4.78 is 18.3. The van der Waals surface area contributed by atoms with Gasteiger partial charge in [-0.2, -0.15) is 9.78 Å². The van der Waals surface area contributed by atoms with Gasteiger partial charge in [-0.15, -0.1) is 0 Å². The zero-order chi connectivity index (χ0) is 32.2. The van der Waals surface area contributed by atoms with E-state index in [-0.39, 0.29) is 29.5 Å². The number of aromatic nitrogens is 2. The van der Waals surface area contributed by atoms with E-state index >= 15 is 0 Å². The molecule has 0 radical (unpaired) electrons. The Bertz CT molecular complexity index is 2160. The first kappa shape index (κ1) is 30.0. The van der Waals surface area contributed by atoms with Gasteiger partial charge in [-0.05, 0) is 61.5 Å². The van der Waals surface area contributed by atoms with Crippen LogP contribution >= 0.6 is 11.6 Å². The molecule has 2 aromatic heterocycles. The normalized spacial score (nSPS) is 11.3. The van der Waals surface area contributed by atoms with Crippen LogP contribution in [0.4, 0.5) is 11.4 Å². The molecule has 0 fully saturated rings. The van der Waals surface area contributed by atoms with Crippen LogP contribution in [0.15, 0.2) is 105 Å². The number of rotatable bonds is 10. The molecule has 230 valence electrons. The first-order valence-corrected chi connectivity index (χ1v) is 14.4. The highest BCUT2D eigenvalue weighted by Gasteiger charge is 2.24. The zero-order valence-corrected chi connectivity index (χ0v) is 24.9. The van der Waals surface area contributed by atoms with Crippen molar-refractivity contribution in [2.75, 3.05) is 18.5 Å². The van der Waals surface area contributed by atoms with E-state index in [4.69, 9.17) is 25.5 Å². The molecule has 6 rings (SSSR count). The van der Waals surface area contributed by atoms with Crippen molar-refractivity contribution in [3.8, 4) is 23.1 Å². The van der Waals surface area contributed by atoms with Crippen molar-refractivity contribution in [2.45, 2.75) is 6.92 Å². The van der Waals surface area contributed by atoms with Crippen LogP contribution in [0.1, 0.15) is 12.5 Å². The summed E-state index contributed by atoms with van der Waals surface area (Å²) in [5.74, 6) is -0.321. The van der Waals surface area contributed by atoms with Crippen LogP contribution in [0.2, 0.25) is 5.02 Å². The summed E-state index contributed by atoms with van der Waals surface area (Å²) in [6, 6.07) is 25.1. The molecule has 13 heteroatoms. The minimum Gasteiger partial charge on any atom is -0.490 e. The number of furan rings is 1. The molecule has 2 heterocycles. The molecule has 0 bridgehead atoms. The van der Waals surface area contributed by atoms with Crippen LogP contribution in [-0.4, -0.2) is 39.9 Å². The van der Waals surface area contributed by atoms with Crippen molar-refractivity contribution in [3.63, 3.8) is 0 Å². The van der Waals surface area contributed by atoms with Gasteiger partial charge >= 0.3 is 5.69 Å². The fourth-order valence-electron chi connectivity index (χ4n) is 4.70. The molecule has 1 N–H and O–H groups in total. The summed E-state index contributed by atoms with van der Waals surface area (Å²) in [7, 11) is 0. The second-order valence-electron chi connectivity index (χ2n) is 9.86. The number of carbonyl (C=O) groups is 1. The second kappa shape index (κ2) is 12.9. The number of ether oxygens (including phenoxy) is 2. The Balaban J connectivity index is 1.37. The highest BCUT2D eigenvalue weighted by Crippen LogP contribution is 2.38. The number of nitro benzene ring substituents is 1. The number of nitro groups is 1. The van der Waals surface area contributed by atoms with E-state index in [9.17, 15) is 19.7 Å². The molecule has 0 saturated carbocycles. The minimum atomic E-state index is -0.657. The van der Waals surface area contributed by atoms with Gasteiger partial charge in [0.2, 0.25) is 11.6 Å². The molecule has 12 nitrogen and oxygen atoms in total. The number of hydrogen-bond donors (Lipinski definition) is 1. The molecular weight excluding hydrogens is 614 g/mol. The average molecular weight is 638 g/mol. The summed E-state index contributed by atoms with van der Waals surface area (Å²) in [4.78, 5) is 42.3. The fourth-order valence-corrected chi connectivity index (χ4v) is 4.83. The second-order valence-corrected chi connectivity index (χ2v) is 10.3. The number of para-hydroxylation sites is 2. The van der Waals surface area contributed by atoms with E-state index in [0.29, 0.717) is 33.0 Å². The summed E-state index contributed by atoms with van der Waals surface area (Å²) in [6.45, 7) is 1.31. The quantitative estimate of drug-likeness (QED) is 0.0993. The third-order valence-corrected chi connectivity index (χ3v) is 7.00. The number of hydrogen-bond acceptors (Lipinski definition) is 9. The number of carbonyl (C=O) groups excluding carboxylic acids is 1. The van der Waals surface area contributed by atoms with Gasteiger partial charge in [-0.25, -0.2) is 4.98 Å². The number of benzene rings is 4. The van der Waals surface area contributed by atoms with E-state index < -0.39 is 28.7 Å². The largest absolute Gasteiger partial charge is 0.490 e. The number of halogens is 1. The fraction of sp³-hybridized carbons (Fsp3) is 0.0909. The highest BCUT2D eigenvalue weighted by atomic mass is 35.5.